The Hall–Kier alpha value is -2.15. The Kier molecular flexibility index (Phi) is 4.71. The topological polar surface area (TPSA) is 79.7 Å². The number of morpholine rings is 1. The number of carbonyl (C=O) groups is 1. The van der Waals surface area contributed by atoms with Crippen LogP contribution in [0.15, 0.2) is 17.1 Å². The molecule has 1 fully saturated rings. The second-order valence-corrected chi connectivity index (χ2v) is 6.76. The second kappa shape index (κ2) is 6.76. The summed E-state index contributed by atoms with van der Waals surface area (Å²) in [5.74, 6) is 0.453. The number of carbonyl (C=O) groups excluding carboxylic acids is 1. The van der Waals surface area contributed by atoms with E-state index in [1.807, 2.05) is 4.90 Å². The third-order valence-electron chi connectivity index (χ3n) is 4.46. The number of hydrogen-bond donors (Lipinski definition) is 1. The third kappa shape index (κ3) is 3.21. The van der Waals surface area contributed by atoms with Crippen molar-refractivity contribution < 1.29 is 9.53 Å². The molecule has 2 aromatic heterocycles. The Balaban J connectivity index is 1.84. The second-order valence-electron chi connectivity index (χ2n) is 6.76. The number of aromatic nitrogens is 3. The van der Waals surface area contributed by atoms with Gasteiger partial charge in [0.15, 0.2) is 5.65 Å². The summed E-state index contributed by atoms with van der Waals surface area (Å²) in [6.45, 7) is 7.74. The molecule has 1 saturated heterocycles. The molecule has 2 aromatic rings. The summed E-state index contributed by atoms with van der Waals surface area (Å²) in [6, 6.07) is 1.82. The average Bonchev–Trinajstić information content (AvgIpc) is 2.99. The van der Waals surface area contributed by atoms with Gasteiger partial charge in [-0.05, 0) is 19.3 Å². The SMILES string of the molecule is Cc1nc2cc[nH]n2c(=O)c1CC(=O)N1CCOCC1CC(C)C. The van der Waals surface area contributed by atoms with Gasteiger partial charge in [0.2, 0.25) is 5.91 Å². The molecule has 0 spiro atoms. The number of ether oxygens (including phenoxy) is 1. The Labute approximate surface area is 140 Å². The van der Waals surface area contributed by atoms with E-state index in [9.17, 15) is 9.59 Å². The molecule has 0 aliphatic carbocycles. The molecule has 1 amide bonds. The van der Waals surface area contributed by atoms with Gasteiger partial charge in [-0.15, -0.1) is 0 Å². The van der Waals surface area contributed by atoms with Crippen molar-refractivity contribution in [2.45, 2.75) is 39.7 Å². The van der Waals surface area contributed by atoms with Crippen molar-refractivity contribution in [3.8, 4) is 0 Å². The van der Waals surface area contributed by atoms with E-state index in [1.165, 1.54) is 4.52 Å². The van der Waals surface area contributed by atoms with Crippen molar-refractivity contribution in [1.82, 2.24) is 19.5 Å². The minimum Gasteiger partial charge on any atom is -0.377 e. The lowest BCUT2D eigenvalue weighted by Crippen LogP contribution is -2.50. The molecule has 3 heterocycles. The Morgan fingerprint density at radius 3 is 3.04 bits per heavy atom. The molecular formula is C17H24N4O3. The van der Waals surface area contributed by atoms with Crippen LogP contribution in [0, 0.1) is 12.8 Å². The molecular weight excluding hydrogens is 308 g/mol. The third-order valence-corrected chi connectivity index (χ3v) is 4.46. The zero-order chi connectivity index (χ0) is 17.3. The summed E-state index contributed by atoms with van der Waals surface area (Å²) in [6.07, 6.45) is 2.64. The van der Waals surface area contributed by atoms with Gasteiger partial charge >= 0.3 is 0 Å². The van der Waals surface area contributed by atoms with Crippen molar-refractivity contribution in [1.29, 1.82) is 0 Å². The summed E-state index contributed by atoms with van der Waals surface area (Å²) in [7, 11) is 0. The van der Waals surface area contributed by atoms with Gasteiger partial charge in [-0.1, -0.05) is 13.8 Å². The van der Waals surface area contributed by atoms with Crippen LogP contribution in [0.5, 0.6) is 0 Å². The largest absolute Gasteiger partial charge is 0.377 e. The Morgan fingerprint density at radius 1 is 1.50 bits per heavy atom. The Morgan fingerprint density at radius 2 is 2.29 bits per heavy atom. The predicted molar refractivity (Wildman–Crippen MR) is 90.0 cm³/mol. The molecule has 1 aliphatic rings. The maximum Gasteiger partial charge on any atom is 0.276 e. The van der Waals surface area contributed by atoms with Crippen molar-refractivity contribution in [3.63, 3.8) is 0 Å². The van der Waals surface area contributed by atoms with E-state index in [4.69, 9.17) is 4.74 Å². The van der Waals surface area contributed by atoms with Crippen LogP contribution in [0.3, 0.4) is 0 Å². The van der Waals surface area contributed by atoms with Crippen LogP contribution in [-0.4, -0.2) is 51.2 Å². The lowest BCUT2D eigenvalue weighted by Gasteiger charge is -2.36. The van der Waals surface area contributed by atoms with E-state index >= 15 is 0 Å². The van der Waals surface area contributed by atoms with Crippen LogP contribution in [0.25, 0.3) is 5.65 Å². The van der Waals surface area contributed by atoms with Gasteiger partial charge in [0, 0.05) is 30.1 Å². The number of hydrogen-bond acceptors (Lipinski definition) is 4. The zero-order valence-electron chi connectivity index (χ0n) is 14.4. The highest BCUT2D eigenvalue weighted by Crippen LogP contribution is 2.17. The van der Waals surface area contributed by atoms with Gasteiger partial charge in [0.25, 0.3) is 5.56 Å². The van der Waals surface area contributed by atoms with E-state index in [1.54, 1.807) is 19.2 Å². The van der Waals surface area contributed by atoms with Gasteiger partial charge in [-0.3, -0.25) is 14.7 Å². The summed E-state index contributed by atoms with van der Waals surface area (Å²) < 4.78 is 6.91. The van der Waals surface area contributed by atoms with Gasteiger partial charge in [0.1, 0.15) is 0 Å². The van der Waals surface area contributed by atoms with E-state index in [0.29, 0.717) is 42.6 Å². The van der Waals surface area contributed by atoms with Crippen LogP contribution < -0.4 is 5.56 Å². The quantitative estimate of drug-likeness (QED) is 0.911. The summed E-state index contributed by atoms with van der Waals surface area (Å²) in [5.41, 5.74) is 1.43. The first-order chi connectivity index (χ1) is 11.5. The highest BCUT2D eigenvalue weighted by molar-refractivity contribution is 5.79. The molecule has 3 rings (SSSR count). The number of nitrogens with one attached hydrogen (secondary N) is 1. The molecule has 1 unspecified atom stereocenters. The van der Waals surface area contributed by atoms with E-state index in [2.05, 4.69) is 23.9 Å². The smallest absolute Gasteiger partial charge is 0.276 e. The van der Waals surface area contributed by atoms with Crippen molar-refractivity contribution in [3.05, 3.63) is 33.9 Å². The molecule has 0 radical (unpaired) electrons. The average molecular weight is 332 g/mol. The molecule has 1 atom stereocenters. The fourth-order valence-corrected chi connectivity index (χ4v) is 3.28. The van der Waals surface area contributed by atoms with E-state index in [0.717, 1.165) is 6.42 Å². The number of rotatable bonds is 4. The monoisotopic (exact) mass is 332 g/mol. The van der Waals surface area contributed by atoms with Gasteiger partial charge in [-0.25, -0.2) is 9.50 Å². The fraction of sp³-hybridized carbons (Fsp3) is 0.588. The molecule has 7 nitrogen and oxygen atoms in total. The molecule has 1 N–H and O–H groups in total. The van der Waals surface area contributed by atoms with Gasteiger partial charge in [0.05, 0.1) is 25.7 Å². The molecule has 0 aromatic carbocycles. The number of fused-ring (bicyclic) bond motifs is 1. The fourth-order valence-electron chi connectivity index (χ4n) is 3.28. The van der Waals surface area contributed by atoms with Crippen molar-refractivity contribution in [2.75, 3.05) is 19.8 Å². The normalized spacial score (nSPS) is 18.5. The predicted octanol–water partition coefficient (Wildman–Crippen LogP) is 1.15. The summed E-state index contributed by atoms with van der Waals surface area (Å²) >= 11 is 0. The van der Waals surface area contributed by atoms with Crippen molar-refractivity contribution in [2.24, 2.45) is 5.92 Å². The van der Waals surface area contributed by atoms with Crippen LogP contribution in [0.1, 0.15) is 31.5 Å². The number of nitrogens with zero attached hydrogens (tertiary/aromatic N) is 3. The van der Waals surface area contributed by atoms with Crippen LogP contribution in [0.4, 0.5) is 0 Å². The van der Waals surface area contributed by atoms with Gasteiger partial charge in [-0.2, -0.15) is 0 Å². The molecule has 130 valence electrons. The lowest BCUT2D eigenvalue weighted by atomic mass is 10.0. The van der Waals surface area contributed by atoms with Gasteiger partial charge < -0.3 is 9.64 Å². The molecule has 1 aliphatic heterocycles. The van der Waals surface area contributed by atoms with E-state index in [-0.39, 0.29) is 23.9 Å². The first-order valence-corrected chi connectivity index (χ1v) is 8.40. The summed E-state index contributed by atoms with van der Waals surface area (Å²) in [5, 5.41) is 2.84. The maximum atomic E-state index is 12.8. The first kappa shape index (κ1) is 16.7. The van der Waals surface area contributed by atoms with Crippen LogP contribution in [-0.2, 0) is 16.0 Å². The molecule has 0 saturated carbocycles. The van der Waals surface area contributed by atoms with Crippen LogP contribution in [0.2, 0.25) is 0 Å². The van der Waals surface area contributed by atoms with Crippen LogP contribution >= 0.6 is 0 Å². The number of aromatic amines is 1. The van der Waals surface area contributed by atoms with E-state index < -0.39 is 0 Å². The highest BCUT2D eigenvalue weighted by atomic mass is 16.5. The van der Waals surface area contributed by atoms with Crippen molar-refractivity contribution >= 4 is 11.6 Å². The Bertz CT molecular complexity index is 793. The molecule has 24 heavy (non-hydrogen) atoms. The molecule has 0 bridgehead atoms. The minimum atomic E-state index is -0.204. The molecule has 7 heteroatoms. The lowest BCUT2D eigenvalue weighted by molar-refractivity contribution is -0.139. The zero-order valence-corrected chi connectivity index (χ0v) is 14.4. The highest BCUT2D eigenvalue weighted by Gasteiger charge is 2.29. The number of aryl methyl sites for hydroxylation is 1. The maximum absolute atomic E-state index is 12.8. The first-order valence-electron chi connectivity index (χ1n) is 8.40. The minimum absolute atomic E-state index is 0.0301. The summed E-state index contributed by atoms with van der Waals surface area (Å²) in [4.78, 5) is 31.7. The standard InChI is InChI=1S/C17H24N4O3/c1-11(2)8-13-10-24-7-6-20(13)16(22)9-14-12(3)19-15-4-5-18-21(15)17(14)23/h4-5,11,13,18H,6-10H2,1-3H3. The number of H-pyrrole nitrogens is 1. The number of amides is 1.